The van der Waals surface area contributed by atoms with Crippen molar-refractivity contribution in [3.63, 3.8) is 0 Å². The number of ether oxygens (including phenoxy) is 1. The van der Waals surface area contributed by atoms with Gasteiger partial charge in [-0.3, -0.25) is 9.69 Å². The van der Waals surface area contributed by atoms with E-state index in [1.54, 1.807) is 17.8 Å². The minimum absolute atomic E-state index is 0.0161. The van der Waals surface area contributed by atoms with Crippen LogP contribution in [-0.4, -0.2) is 50.6 Å². The highest BCUT2D eigenvalue weighted by Crippen LogP contribution is 2.28. The average molecular weight is 379 g/mol. The Hall–Kier alpha value is -2.93. The first-order chi connectivity index (χ1) is 13.3. The summed E-state index contributed by atoms with van der Waals surface area (Å²) in [7, 11) is 1.64. The molecule has 1 fully saturated rings. The summed E-state index contributed by atoms with van der Waals surface area (Å²) in [4.78, 5) is 19.3. The summed E-state index contributed by atoms with van der Waals surface area (Å²) in [5.74, 6) is 1.28. The van der Waals surface area contributed by atoms with Gasteiger partial charge in [0.05, 0.1) is 25.0 Å². The molecule has 3 aromatic rings. The molecule has 1 aromatic carbocycles. The number of carbonyl (C=O) groups excluding carboxylic acids is 1. The van der Waals surface area contributed by atoms with Crippen molar-refractivity contribution < 1.29 is 9.53 Å². The maximum atomic E-state index is 12.7. The van der Waals surface area contributed by atoms with Crippen LogP contribution in [0.2, 0.25) is 0 Å². The van der Waals surface area contributed by atoms with E-state index in [2.05, 4.69) is 41.1 Å². The molecule has 7 nitrogen and oxygen atoms in total. The Morgan fingerprint density at radius 2 is 2.07 bits per heavy atom. The topological polar surface area (TPSA) is 71.8 Å². The molecule has 0 spiro atoms. The van der Waals surface area contributed by atoms with Crippen LogP contribution in [0.15, 0.2) is 42.6 Å². The number of amides is 1. The normalized spacial score (nSPS) is 17.4. The first-order valence-corrected chi connectivity index (χ1v) is 9.43. The molecule has 0 bridgehead atoms. The summed E-state index contributed by atoms with van der Waals surface area (Å²) >= 11 is 0. The third-order valence-electron chi connectivity index (χ3n) is 5.12. The Kier molecular flexibility index (Phi) is 4.55. The van der Waals surface area contributed by atoms with Gasteiger partial charge in [0.15, 0.2) is 11.5 Å². The highest BCUT2D eigenvalue weighted by molar-refractivity contribution is 5.95. The zero-order chi connectivity index (χ0) is 19.9. The van der Waals surface area contributed by atoms with Gasteiger partial charge in [0.25, 0.3) is 0 Å². The van der Waals surface area contributed by atoms with Crippen molar-refractivity contribution in [2.24, 2.45) is 0 Å². The lowest BCUT2D eigenvalue weighted by Gasteiger charge is -2.48. The molecule has 146 valence electrons. The molecule has 1 atom stereocenters. The number of hydrogen-bond donors (Lipinski definition) is 1. The van der Waals surface area contributed by atoms with Crippen molar-refractivity contribution in [2.75, 3.05) is 19.0 Å². The Balaban J connectivity index is 1.54. The van der Waals surface area contributed by atoms with E-state index in [1.807, 2.05) is 36.4 Å². The van der Waals surface area contributed by atoms with Gasteiger partial charge in [-0.05, 0) is 51.5 Å². The van der Waals surface area contributed by atoms with Gasteiger partial charge in [0, 0.05) is 17.6 Å². The fourth-order valence-corrected chi connectivity index (χ4v) is 3.55. The summed E-state index contributed by atoms with van der Waals surface area (Å²) in [6, 6.07) is 11.4. The minimum atomic E-state index is -0.106. The second kappa shape index (κ2) is 6.91. The number of fused-ring (bicyclic) bond motifs is 1. The Morgan fingerprint density at radius 3 is 2.75 bits per heavy atom. The van der Waals surface area contributed by atoms with Gasteiger partial charge in [-0.15, -0.1) is 0 Å². The van der Waals surface area contributed by atoms with Crippen molar-refractivity contribution in [1.29, 1.82) is 0 Å². The fourth-order valence-electron chi connectivity index (χ4n) is 3.55. The molecule has 1 saturated heterocycles. The van der Waals surface area contributed by atoms with E-state index < -0.39 is 0 Å². The number of hydrogen-bond acceptors (Lipinski definition) is 5. The predicted octanol–water partition coefficient (Wildman–Crippen LogP) is 3.22. The van der Waals surface area contributed by atoms with Crippen molar-refractivity contribution >= 4 is 17.4 Å². The van der Waals surface area contributed by atoms with Gasteiger partial charge in [-0.25, -0.2) is 9.50 Å². The monoisotopic (exact) mass is 379 g/mol. The number of nitrogens with one attached hydrogen (secondary N) is 1. The van der Waals surface area contributed by atoms with E-state index in [9.17, 15) is 4.79 Å². The zero-order valence-corrected chi connectivity index (χ0v) is 16.6. The number of benzene rings is 1. The maximum absolute atomic E-state index is 12.7. The molecular formula is C21H25N5O2. The van der Waals surface area contributed by atoms with E-state index in [0.717, 1.165) is 30.0 Å². The van der Waals surface area contributed by atoms with Crippen molar-refractivity contribution in [2.45, 2.75) is 38.8 Å². The SMILES string of the molecule is COc1cccc(-c2ccc3nc(NC(=O)C4CCN4C(C)(C)C)cn3n2)c1. The lowest BCUT2D eigenvalue weighted by Crippen LogP contribution is -2.61. The lowest BCUT2D eigenvalue weighted by atomic mass is 9.93. The van der Waals surface area contributed by atoms with Crippen LogP contribution in [0.4, 0.5) is 5.82 Å². The summed E-state index contributed by atoms with van der Waals surface area (Å²) in [5, 5.41) is 7.56. The molecule has 1 amide bonds. The van der Waals surface area contributed by atoms with Crippen LogP contribution in [0, 0.1) is 0 Å². The maximum Gasteiger partial charge on any atom is 0.242 e. The molecule has 4 rings (SSSR count). The quantitative estimate of drug-likeness (QED) is 0.754. The molecule has 1 aliphatic heterocycles. The predicted molar refractivity (Wildman–Crippen MR) is 108 cm³/mol. The number of rotatable bonds is 4. The Bertz CT molecular complexity index is 1020. The summed E-state index contributed by atoms with van der Waals surface area (Å²) in [6.07, 6.45) is 2.62. The third-order valence-corrected chi connectivity index (χ3v) is 5.12. The van der Waals surface area contributed by atoms with Gasteiger partial charge >= 0.3 is 0 Å². The third kappa shape index (κ3) is 3.45. The highest BCUT2D eigenvalue weighted by atomic mass is 16.5. The molecule has 28 heavy (non-hydrogen) atoms. The van der Waals surface area contributed by atoms with E-state index in [0.29, 0.717) is 11.5 Å². The van der Waals surface area contributed by atoms with Crippen LogP contribution in [0.5, 0.6) is 5.75 Å². The number of nitrogens with zero attached hydrogens (tertiary/aromatic N) is 4. The van der Waals surface area contributed by atoms with Crippen LogP contribution in [0.3, 0.4) is 0 Å². The zero-order valence-electron chi connectivity index (χ0n) is 16.6. The molecular weight excluding hydrogens is 354 g/mol. The molecule has 2 aromatic heterocycles. The molecule has 0 radical (unpaired) electrons. The van der Waals surface area contributed by atoms with Crippen LogP contribution in [0.25, 0.3) is 16.9 Å². The molecule has 1 unspecified atom stereocenters. The van der Waals surface area contributed by atoms with Gasteiger partial charge in [-0.2, -0.15) is 5.10 Å². The summed E-state index contributed by atoms with van der Waals surface area (Å²) in [5.41, 5.74) is 2.42. The van der Waals surface area contributed by atoms with Gasteiger partial charge in [0.1, 0.15) is 5.75 Å². The van der Waals surface area contributed by atoms with Crippen molar-refractivity contribution in [3.8, 4) is 17.0 Å². The largest absolute Gasteiger partial charge is 0.497 e. The first-order valence-electron chi connectivity index (χ1n) is 9.43. The van der Waals surface area contributed by atoms with E-state index >= 15 is 0 Å². The van der Waals surface area contributed by atoms with Gasteiger partial charge < -0.3 is 10.1 Å². The molecule has 0 saturated carbocycles. The second-order valence-electron chi connectivity index (χ2n) is 8.04. The number of carbonyl (C=O) groups is 1. The van der Waals surface area contributed by atoms with Crippen LogP contribution in [-0.2, 0) is 4.79 Å². The van der Waals surface area contributed by atoms with Gasteiger partial charge in [0.2, 0.25) is 5.91 Å². The van der Waals surface area contributed by atoms with Crippen LogP contribution in [0.1, 0.15) is 27.2 Å². The standard InChI is InChI=1S/C21H25N5O2/c1-21(2,3)25-11-10-17(25)20(27)23-18-13-26-19(22-18)9-8-16(24-26)14-6-5-7-15(12-14)28-4/h5-9,12-13,17H,10-11H2,1-4H3,(H,23,27). The highest BCUT2D eigenvalue weighted by Gasteiger charge is 2.40. The molecule has 7 heteroatoms. The molecule has 3 heterocycles. The smallest absolute Gasteiger partial charge is 0.242 e. The number of methoxy groups -OCH3 is 1. The number of anilines is 1. The van der Waals surface area contributed by atoms with E-state index in [-0.39, 0.29) is 17.5 Å². The second-order valence-corrected chi connectivity index (χ2v) is 8.04. The molecule has 1 N–H and O–H groups in total. The minimum Gasteiger partial charge on any atom is -0.497 e. The lowest BCUT2D eigenvalue weighted by molar-refractivity contribution is -0.129. The molecule has 0 aliphatic carbocycles. The average Bonchev–Trinajstić information content (AvgIpc) is 3.00. The number of likely N-dealkylation sites (tertiary alicyclic amines) is 1. The summed E-state index contributed by atoms with van der Waals surface area (Å²) in [6.45, 7) is 7.32. The number of imidazole rings is 1. The van der Waals surface area contributed by atoms with Gasteiger partial charge in [-0.1, -0.05) is 12.1 Å². The Labute approximate surface area is 164 Å². The summed E-state index contributed by atoms with van der Waals surface area (Å²) < 4.78 is 6.97. The van der Waals surface area contributed by atoms with Crippen molar-refractivity contribution in [3.05, 3.63) is 42.6 Å². The Morgan fingerprint density at radius 1 is 1.25 bits per heavy atom. The number of aromatic nitrogens is 3. The van der Waals surface area contributed by atoms with Crippen molar-refractivity contribution in [1.82, 2.24) is 19.5 Å². The van der Waals surface area contributed by atoms with E-state index in [4.69, 9.17) is 4.74 Å². The molecule has 1 aliphatic rings. The van der Waals surface area contributed by atoms with Crippen LogP contribution < -0.4 is 10.1 Å². The first kappa shape index (κ1) is 18.4. The van der Waals surface area contributed by atoms with Crippen LogP contribution >= 0.6 is 0 Å². The van der Waals surface area contributed by atoms with E-state index in [1.165, 1.54) is 0 Å². The fraction of sp³-hybridized carbons (Fsp3) is 0.381.